The van der Waals surface area contributed by atoms with Gasteiger partial charge in [0.05, 0.1) is 13.2 Å². The lowest BCUT2D eigenvalue weighted by Crippen LogP contribution is -2.14. The summed E-state index contributed by atoms with van der Waals surface area (Å²) in [6.07, 6.45) is 2.02. The van der Waals surface area contributed by atoms with Crippen molar-refractivity contribution in [1.29, 1.82) is 0 Å². The molecule has 0 aliphatic rings. The minimum Gasteiger partial charge on any atom is -0.382 e. The minimum atomic E-state index is 0.645. The van der Waals surface area contributed by atoms with E-state index in [0.29, 0.717) is 24.9 Å². The van der Waals surface area contributed by atoms with Gasteiger partial charge in [0.15, 0.2) is 0 Å². The van der Waals surface area contributed by atoms with Crippen LogP contribution >= 0.6 is 0 Å². The number of hydrazine groups is 1. The Morgan fingerprint density at radius 2 is 1.80 bits per heavy atom. The number of nitrogens with zero attached hydrogens (tertiary/aromatic N) is 2. The average Bonchev–Trinajstić information content (AvgIpc) is 2.44. The summed E-state index contributed by atoms with van der Waals surface area (Å²) in [5, 5.41) is 3.30. The first-order valence-electron chi connectivity index (χ1n) is 6.81. The Balaban J connectivity index is 2.27. The van der Waals surface area contributed by atoms with Crippen LogP contribution in [0.1, 0.15) is 24.2 Å². The minimum absolute atomic E-state index is 0.645. The molecule has 114 valence electrons. The van der Waals surface area contributed by atoms with E-state index in [1.165, 1.54) is 0 Å². The van der Waals surface area contributed by atoms with Crippen LogP contribution in [0.4, 0.5) is 11.6 Å². The van der Waals surface area contributed by atoms with Gasteiger partial charge in [-0.25, -0.2) is 15.8 Å². The van der Waals surface area contributed by atoms with Crippen molar-refractivity contribution >= 4 is 11.6 Å². The molecule has 0 spiro atoms. The normalized spacial score (nSPS) is 10.6. The van der Waals surface area contributed by atoms with Crippen LogP contribution in [0.3, 0.4) is 0 Å². The molecule has 1 heterocycles. The van der Waals surface area contributed by atoms with Crippen molar-refractivity contribution in [2.24, 2.45) is 5.84 Å². The highest BCUT2D eigenvalue weighted by Gasteiger charge is 2.07. The summed E-state index contributed by atoms with van der Waals surface area (Å²) in [6.45, 7) is 6.67. The van der Waals surface area contributed by atoms with Gasteiger partial charge in [-0.3, -0.25) is 0 Å². The van der Waals surface area contributed by atoms with Crippen molar-refractivity contribution in [2.75, 3.05) is 44.2 Å². The second-order valence-corrected chi connectivity index (χ2v) is 4.48. The Bertz CT molecular complexity index is 401. The molecule has 0 saturated carbocycles. The number of nitrogen functional groups attached to an aromatic ring is 1. The first-order chi connectivity index (χ1) is 9.69. The third-order valence-corrected chi connectivity index (χ3v) is 2.83. The number of nitrogens with one attached hydrogen (secondary N) is 2. The SMILES string of the molecule is COCCOCCCCNc1nc(C)nc(NN)c1C. The Morgan fingerprint density at radius 1 is 1.05 bits per heavy atom. The van der Waals surface area contributed by atoms with Crippen LogP contribution in [-0.4, -0.2) is 43.4 Å². The molecule has 0 unspecified atom stereocenters. The molecule has 0 fully saturated rings. The van der Waals surface area contributed by atoms with Crippen LogP contribution in [0.2, 0.25) is 0 Å². The van der Waals surface area contributed by atoms with E-state index in [9.17, 15) is 0 Å². The standard InChI is InChI=1S/C13H25N5O2/c1-10-12(16-11(2)17-13(10)18-14)15-6-4-5-7-20-9-8-19-3/h4-9,14H2,1-3H3,(H2,15,16,17,18). The maximum atomic E-state index is 5.43. The number of hydrogen-bond donors (Lipinski definition) is 3. The van der Waals surface area contributed by atoms with E-state index in [0.717, 1.165) is 37.4 Å². The van der Waals surface area contributed by atoms with Gasteiger partial charge in [-0.1, -0.05) is 0 Å². The van der Waals surface area contributed by atoms with Gasteiger partial charge in [-0.15, -0.1) is 0 Å². The van der Waals surface area contributed by atoms with Gasteiger partial charge in [-0.2, -0.15) is 0 Å². The van der Waals surface area contributed by atoms with Crippen molar-refractivity contribution in [3.8, 4) is 0 Å². The number of unbranched alkanes of at least 4 members (excludes halogenated alkanes) is 1. The molecule has 1 rings (SSSR count). The summed E-state index contributed by atoms with van der Waals surface area (Å²) in [6, 6.07) is 0. The predicted octanol–water partition coefficient (Wildman–Crippen LogP) is 1.23. The molecular formula is C13H25N5O2. The zero-order valence-corrected chi connectivity index (χ0v) is 12.5. The third kappa shape index (κ3) is 5.68. The zero-order valence-electron chi connectivity index (χ0n) is 12.5. The van der Waals surface area contributed by atoms with E-state index in [-0.39, 0.29) is 0 Å². The highest BCUT2D eigenvalue weighted by atomic mass is 16.5. The Kier molecular flexibility index (Phi) is 7.86. The van der Waals surface area contributed by atoms with Crippen LogP contribution in [0, 0.1) is 13.8 Å². The second kappa shape index (κ2) is 9.46. The van der Waals surface area contributed by atoms with Crippen molar-refractivity contribution in [3.63, 3.8) is 0 Å². The summed E-state index contributed by atoms with van der Waals surface area (Å²) in [7, 11) is 1.67. The third-order valence-electron chi connectivity index (χ3n) is 2.83. The number of nitrogens with two attached hydrogens (primary N) is 1. The average molecular weight is 283 g/mol. The molecule has 0 bridgehead atoms. The van der Waals surface area contributed by atoms with E-state index >= 15 is 0 Å². The van der Waals surface area contributed by atoms with E-state index in [4.69, 9.17) is 15.3 Å². The highest BCUT2D eigenvalue weighted by Crippen LogP contribution is 2.18. The fourth-order valence-electron chi connectivity index (χ4n) is 1.72. The lowest BCUT2D eigenvalue weighted by atomic mass is 10.3. The van der Waals surface area contributed by atoms with Crippen molar-refractivity contribution in [3.05, 3.63) is 11.4 Å². The number of anilines is 2. The van der Waals surface area contributed by atoms with E-state index in [1.807, 2.05) is 13.8 Å². The molecule has 7 nitrogen and oxygen atoms in total. The van der Waals surface area contributed by atoms with Crippen LogP contribution < -0.4 is 16.6 Å². The van der Waals surface area contributed by atoms with Gasteiger partial charge in [0, 0.05) is 25.8 Å². The molecule has 1 aromatic heterocycles. The van der Waals surface area contributed by atoms with Crippen LogP contribution in [-0.2, 0) is 9.47 Å². The maximum Gasteiger partial charge on any atom is 0.148 e. The molecule has 0 atom stereocenters. The molecular weight excluding hydrogens is 258 g/mol. The molecule has 0 aliphatic heterocycles. The lowest BCUT2D eigenvalue weighted by molar-refractivity contribution is 0.0691. The number of aromatic nitrogens is 2. The molecule has 0 saturated heterocycles. The number of rotatable bonds is 10. The molecule has 4 N–H and O–H groups in total. The number of hydrogen-bond acceptors (Lipinski definition) is 7. The van der Waals surface area contributed by atoms with Gasteiger partial charge in [0.25, 0.3) is 0 Å². The Labute approximate surface area is 120 Å². The zero-order chi connectivity index (χ0) is 14.8. The largest absolute Gasteiger partial charge is 0.382 e. The Hall–Kier alpha value is -1.44. The molecule has 20 heavy (non-hydrogen) atoms. The van der Waals surface area contributed by atoms with E-state index in [1.54, 1.807) is 7.11 Å². The van der Waals surface area contributed by atoms with Crippen LogP contribution in [0.15, 0.2) is 0 Å². The fraction of sp³-hybridized carbons (Fsp3) is 0.692. The predicted molar refractivity (Wildman–Crippen MR) is 79.7 cm³/mol. The molecule has 0 aliphatic carbocycles. The topological polar surface area (TPSA) is 94.3 Å². The van der Waals surface area contributed by atoms with Gasteiger partial charge in [-0.05, 0) is 26.7 Å². The van der Waals surface area contributed by atoms with Gasteiger partial charge in [0.2, 0.25) is 0 Å². The smallest absolute Gasteiger partial charge is 0.148 e. The lowest BCUT2D eigenvalue weighted by Gasteiger charge is -2.12. The fourth-order valence-corrected chi connectivity index (χ4v) is 1.72. The molecule has 0 amide bonds. The molecule has 7 heteroatoms. The first kappa shape index (κ1) is 16.6. The number of methoxy groups -OCH3 is 1. The monoisotopic (exact) mass is 283 g/mol. The van der Waals surface area contributed by atoms with Crippen LogP contribution in [0.5, 0.6) is 0 Å². The first-order valence-corrected chi connectivity index (χ1v) is 6.81. The summed E-state index contributed by atoms with van der Waals surface area (Å²) in [5.74, 6) is 7.60. The number of aryl methyl sites for hydroxylation is 1. The second-order valence-electron chi connectivity index (χ2n) is 4.48. The summed E-state index contributed by atoms with van der Waals surface area (Å²) < 4.78 is 10.3. The summed E-state index contributed by atoms with van der Waals surface area (Å²) in [5.41, 5.74) is 3.51. The van der Waals surface area contributed by atoms with Gasteiger partial charge < -0.3 is 20.2 Å². The van der Waals surface area contributed by atoms with Gasteiger partial charge in [0.1, 0.15) is 17.5 Å². The molecule has 0 radical (unpaired) electrons. The van der Waals surface area contributed by atoms with E-state index < -0.39 is 0 Å². The maximum absolute atomic E-state index is 5.43. The highest BCUT2D eigenvalue weighted by molar-refractivity contribution is 5.56. The molecule has 0 aromatic carbocycles. The quantitative estimate of drug-likeness (QED) is 0.338. The number of ether oxygens (including phenoxy) is 2. The van der Waals surface area contributed by atoms with Gasteiger partial charge >= 0.3 is 0 Å². The summed E-state index contributed by atoms with van der Waals surface area (Å²) in [4.78, 5) is 8.59. The van der Waals surface area contributed by atoms with Crippen molar-refractivity contribution in [2.45, 2.75) is 26.7 Å². The van der Waals surface area contributed by atoms with E-state index in [2.05, 4.69) is 20.7 Å². The van der Waals surface area contributed by atoms with Crippen molar-refractivity contribution < 1.29 is 9.47 Å². The Morgan fingerprint density at radius 3 is 2.50 bits per heavy atom. The summed E-state index contributed by atoms with van der Waals surface area (Å²) >= 11 is 0. The molecule has 1 aromatic rings. The van der Waals surface area contributed by atoms with Crippen molar-refractivity contribution in [1.82, 2.24) is 9.97 Å². The van der Waals surface area contributed by atoms with Crippen LogP contribution in [0.25, 0.3) is 0 Å².